The van der Waals surface area contributed by atoms with Gasteiger partial charge >= 0.3 is 0 Å². The van der Waals surface area contributed by atoms with E-state index in [0.717, 1.165) is 5.69 Å². The minimum atomic E-state index is -0.111. The summed E-state index contributed by atoms with van der Waals surface area (Å²) in [5.74, 6) is 0. The molecule has 1 heteroatoms. The van der Waals surface area contributed by atoms with Gasteiger partial charge in [-0.1, -0.05) is 111 Å². The molecule has 1 aromatic heterocycles. The van der Waals surface area contributed by atoms with Crippen LogP contribution in [0.15, 0.2) is 115 Å². The second-order valence-corrected chi connectivity index (χ2v) is 10.8. The van der Waals surface area contributed by atoms with Gasteiger partial charge in [-0.3, -0.25) is 4.98 Å². The fraction of sp³-hybridized carbons (Fsp3) is 0.0833. The highest BCUT2D eigenvalue weighted by Gasteiger charge is 2.37. The lowest BCUT2D eigenvalue weighted by Gasteiger charge is -2.24. The minimum absolute atomic E-state index is 0.111. The maximum absolute atomic E-state index is 4.82. The molecule has 0 amide bonds. The Kier molecular flexibility index (Phi) is 4.06. The maximum atomic E-state index is 4.82. The average Bonchev–Trinajstić information content (AvgIpc) is 3.18. The summed E-state index contributed by atoms with van der Waals surface area (Å²) in [4.78, 5) is 4.82. The third kappa shape index (κ3) is 2.72. The topological polar surface area (TPSA) is 12.9 Å². The van der Waals surface area contributed by atoms with Crippen LogP contribution in [-0.2, 0) is 5.41 Å². The standard InChI is InChI=1S/C36H25N/c1-36(2)32-18-15-23(35-24-10-4-3-9-22(24)19-20-37-35)21-31(32)30-17-16-29-27-13-6-5-11-25(27)26-12-7-8-14-28(26)33(29)34(30)36/h3-21H,1-2H3. The van der Waals surface area contributed by atoms with Gasteiger partial charge < -0.3 is 0 Å². The summed E-state index contributed by atoms with van der Waals surface area (Å²) in [6.45, 7) is 4.77. The molecule has 1 aliphatic rings. The molecule has 1 aliphatic carbocycles. The Balaban J connectivity index is 1.47. The number of hydrogen-bond acceptors (Lipinski definition) is 1. The summed E-state index contributed by atoms with van der Waals surface area (Å²) in [5, 5.41) is 10.4. The number of hydrogen-bond donors (Lipinski definition) is 0. The Hall–Kier alpha value is -4.49. The first kappa shape index (κ1) is 20.7. The summed E-state index contributed by atoms with van der Waals surface area (Å²) in [6, 6.07) is 40.0. The zero-order valence-electron chi connectivity index (χ0n) is 20.9. The highest BCUT2D eigenvalue weighted by atomic mass is 14.7. The SMILES string of the molecule is CC1(C)c2ccc(-c3nccc4ccccc34)cc2-c2ccc3c4ccccc4c4ccccc4c3c21. The molecule has 0 fully saturated rings. The Morgan fingerprint density at radius 2 is 1.16 bits per heavy atom. The van der Waals surface area contributed by atoms with Crippen LogP contribution in [0.3, 0.4) is 0 Å². The van der Waals surface area contributed by atoms with Crippen LogP contribution >= 0.6 is 0 Å². The van der Waals surface area contributed by atoms with Gasteiger partial charge in [-0.15, -0.1) is 0 Å². The van der Waals surface area contributed by atoms with Crippen LogP contribution in [0.4, 0.5) is 0 Å². The third-order valence-electron chi connectivity index (χ3n) is 8.46. The zero-order valence-corrected chi connectivity index (χ0v) is 20.9. The van der Waals surface area contributed by atoms with Crippen molar-refractivity contribution in [3.05, 3.63) is 127 Å². The lowest BCUT2D eigenvalue weighted by atomic mass is 9.78. The quantitative estimate of drug-likeness (QED) is 0.217. The zero-order chi connectivity index (χ0) is 24.7. The van der Waals surface area contributed by atoms with Crippen LogP contribution in [-0.4, -0.2) is 4.98 Å². The van der Waals surface area contributed by atoms with Crippen molar-refractivity contribution < 1.29 is 0 Å². The van der Waals surface area contributed by atoms with Gasteiger partial charge in [0.1, 0.15) is 0 Å². The van der Waals surface area contributed by atoms with E-state index in [4.69, 9.17) is 4.98 Å². The van der Waals surface area contributed by atoms with E-state index in [9.17, 15) is 0 Å². The van der Waals surface area contributed by atoms with Crippen LogP contribution in [0.5, 0.6) is 0 Å². The molecule has 1 heterocycles. The van der Waals surface area contributed by atoms with Gasteiger partial charge in [-0.05, 0) is 72.1 Å². The predicted octanol–water partition coefficient (Wildman–Crippen LogP) is 9.67. The molecule has 0 unspecified atom stereocenters. The second kappa shape index (κ2) is 7.27. The smallest absolute Gasteiger partial charge is 0.0780 e. The fourth-order valence-electron chi connectivity index (χ4n) is 6.81. The molecule has 0 bridgehead atoms. The molecule has 1 nitrogen and oxygen atoms in total. The van der Waals surface area contributed by atoms with Crippen molar-refractivity contribution in [1.29, 1.82) is 0 Å². The predicted molar refractivity (Wildman–Crippen MR) is 157 cm³/mol. The van der Waals surface area contributed by atoms with Crippen molar-refractivity contribution >= 4 is 43.1 Å². The van der Waals surface area contributed by atoms with E-state index in [-0.39, 0.29) is 5.41 Å². The van der Waals surface area contributed by atoms with Gasteiger partial charge in [-0.2, -0.15) is 0 Å². The summed E-state index contributed by atoms with van der Waals surface area (Å²) in [7, 11) is 0. The number of aromatic nitrogens is 1. The van der Waals surface area contributed by atoms with Crippen LogP contribution < -0.4 is 0 Å². The average molecular weight is 472 g/mol. The van der Waals surface area contributed by atoms with Crippen molar-refractivity contribution in [3.8, 4) is 22.4 Å². The first-order chi connectivity index (χ1) is 18.1. The lowest BCUT2D eigenvalue weighted by Crippen LogP contribution is -2.15. The Morgan fingerprint density at radius 1 is 0.541 bits per heavy atom. The van der Waals surface area contributed by atoms with E-state index < -0.39 is 0 Å². The van der Waals surface area contributed by atoms with Crippen LogP contribution in [0.1, 0.15) is 25.0 Å². The lowest BCUT2D eigenvalue weighted by molar-refractivity contribution is 0.667. The highest BCUT2D eigenvalue weighted by Crippen LogP contribution is 2.54. The Labute approximate surface area is 216 Å². The molecule has 0 aliphatic heterocycles. The largest absolute Gasteiger partial charge is 0.256 e. The molecule has 6 aromatic carbocycles. The first-order valence-corrected chi connectivity index (χ1v) is 13.0. The first-order valence-electron chi connectivity index (χ1n) is 13.0. The summed E-state index contributed by atoms with van der Waals surface area (Å²) < 4.78 is 0. The normalized spacial score (nSPS) is 13.9. The Bertz CT molecular complexity index is 2020. The molecule has 0 radical (unpaired) electrons. The van der Waals surface area contributed by atoms with E-state index >= 15 is 0 Å². The molecule has 0 saturated carbocycles. The Morgan fingerprint density at radius 3 is 1.92 bits per heavy atom. The molecular formula is C36H25N. The van der Waals surface area contributed by atoms with Gasteiger partial charge in [0.15, 0.2) is 0 Å². The van der Waals surface area contributed by atoms with Gasteiger partial charge in [0.2, 0.25) is 0 Å². The van der Waals surface area contributed by atoms with Gasteiger partial charge in [0.05, 0.1) is 5.69 Å². The molecule has 0 spiro atoms. The number of rotatable bonds is 1. The van der Waals surface area contributed by atoms with Crippen molar-refractivity contribution in [1.82, 2.24) is 4.98 Å². The van der Waals surface area contributed by atoms with E-state index in [2.05, 4.69) is 123 Å². The third-order valence-corrected chi connectivity index (χ3v) is 8.46. The molecule has 8 rings (SSSR count). The monoisotopic (exact) mass is 471 g/mol. The summed E-state index contributed by atoms with van der Waals surface area (Å²) >= 11 is 0. The summed E-state index contributed by atoms with van der Waals surface area (Å²) in [5.41, 5.74) is 7.59. The fourth-order valence-corrected chi connectivity index (χ4v) is 6.81. The minimum Gasteiger partial charge on any atom is -0.256 e. The van der Waals surface area contributed by atoms with E-state index in [1.165, 1.54) is 70.9 Å². The van der Waals surface area contributed by atoms with Crippen molar-refractivity contribution in [2.45, 2.75) is 19.3 Å². The van der Waals surface area contributed by atoms with Crippen molar-refractivity contribution in [2.75, 3.05) is 0 Å². The van der Waals surface area contributed by atoms with E-state index in [1.54, 1.807) is 0 Å². The number of pyridine rings is 1. The van der Waals surface area contributed by atoms with Crippen LogP contribution in [0.2, 0.25) is 0 Å². The molecule has 7 aromatic rings. The molecule has 37 heavy (non-hydrogen) atoms. The van der Waals surface area contributed by atoms with Gasteiger partial charge in [0.25, 0.3) is 0 Å². The van der Waals surface area contributed by atoms with Crippen molar-refractivity contribution in [3.63, 3.8) is 0 Å². The molecular weight excluding hydrogens is 446 g/mol. The summed E-state index contributed by atoms with van der Waals surface area (Å²) in [6.07, 6.45) is 1.92. The molecule has 174 valence electrons. The van der Waals surface area contributed by atoms with Gasteiger partial charge in [0, 0.05) is 22.6 Å². The van der Waals surface area contributed by atoms with Crippen molar-refractivity contribution in [2.24, 2.45) is 0 Å². The number of nitrogens with zero attached hydrogens (tertiary/aromatic N) is 1. The molecule has 0 saturated heterocycles. The molecule has 0 N–H and O–H groups in total. The second-order valence-electron chi connectivity index (χ2n) is 10.8. The number of benzene rings is 6. The van der Waals surface area contributed by atoms with Gasteiger partial charge in [-0.25, -0.2) is 0 Å². The van der Waals surface area contributed by atoms with E-state index in [0.29, 0.717) is 0 Å². The van der Waals surface area contributed by atoms with Crippen LogP contribution in [0.25, 0.3) is 65.5 Å². The number of fused-ring (bicyclic) bond motifs is 11. The van der Waals surface area contributed by atoms with Crippen LogP contribution in [0, 0.1) is 0 Å². The molecule has 0 atom stereocenters. The van der Waals surface area contributed by atoms with E-state index in [1.807, 2.05) is 6.20 Å². The highest BCUT2D eigenvalue weighted by molar-refractivity contribution is 6.27. The maximum Gasteiger partial charge on any atom is 0.0780 e.